The van der Waals surface area contributed by atoms with Crippen LogP contribution in [0.15, 0.2) is 23.9 Å². The lowest BCUT2D eigenvalue weighted by molar-refractivity contribution is -0.131. The summed E-state index contributed by atoms with van der Waals surface area (Å²) in [6.45, 7) is 4.24. The minimum atomic E-state index is -0.915. The number of nitrogens with zero attached hydrogens (tertiary/aromatic N) is 2. The minimum Gasteiger partial charge on any atom is -0.478 e. The Hall–Kier alpha value is -1.58. The molecular formula is C9H12N2O2. The Balaban J connectivity index is 2.70. The molecule has 0 saturated carbocycles. The summed E-state index contributed by atoms with van der Waals surface area (Å²) >= 11 is 0. The zero-order chi connectivity index (χ0) is 9.84. The number of aromatic nitrogens is 2. The van der Waals surface area contributed by atoms with Gasteiger partial charge in [-0.3, -0.25) is 4.68 Å². The second-order valence-corrected chi connectivity index (χ2v) is 2.96. The summed E-state index contributed by atoms with van der Waals surface area (Å²) in [4.78, 5) is 10.3. The second-order valence-electron chi connectivity index (χ2n) is 2.96. The number of carboxylic acids is 1. The standard InChI is InChI=1S/C9H12N2O2/c1-7(5-9(12)13)6-11-8(2)3-4-10-11/h3-5H,6H2,1-2H3,(H,12,13). The molecule has 1 aromatic heterocycles. The van der Waals surface area contributed by atoms with Crippen LogP contribution in [0.4, 0.5) is 0 Å². The molecule has 0 aliphatic heterocycles. The Kier molecular flexibility index (Phi) is 2.84. The van der Waals surface area contributed by atoms with Gasteiger partial charge in [-0.05, 0) is 25.5 Å². The molecule has 13 heavy (non-hydrogen) atoms. The predicted molar refractivity (Wildman–Crippen MR) is 48.4 cm³/mol. The lowest BCUT2D eigenvalue weighted by atomic mass is 10.3. The molecule has 70 valence electrons. The summed E-state index contributed by atoms with van der Waals surface area (Å²) in [5, 5.41) is 12.5. The van der Waals surface area contributed by atoms with Gasteiger partial charge in [0.15, 0.2) is 0 Å². The Labute approximate surface area is 76.5 Å². The van der Waals surface area contributed by atoms with Crippen molar-refractivity contribution >= 4 is 5.97 Å². The largest absolute Gasteiger partial charge is 0.478 e. The van der Waals surface area contributed by atoms with Crippen LogP contribution < -0.4 is 0 Å². The van der Waals surface area contributed by atoms with Gasteiger partial charge in [0.1, 0.15) is 0 Å². The highest BCUT2D eigenvalue weighted by atomic mass is 16.4. The summed E-state index contributed by atoms with van der Waals surface area (Å²) in [5.41, 5.74) is 1.80. The number of carboxylic acid groups (broad SMARTS) is 1. The Bertz CT molecular complexity index is 339. The summed E-state index contributed by atoms with van der Waals surface area (Å²) in [6, 6.07) is 1.88. The van der Waals surface area contributed by atoms with E-state index in [0.717, 1.165) is 11.3 Å². The molecule has 0 aliphatic carbocycles. The smallest absolute Gasteiger partial charge is 0.328 e. The van der Waals surface area contributed by atoms with E-state index in [1.807, 2.05) is 13.0 Å². The van der Waals surface area contributed by atoms with Crippen LogP contribution in [-0.2, 0) is 11.3 Å². The van der Waals surface area contributed by atoms with Crippen molar-refractivity contribution in [3.05, 3.63) is 29.6 Å². The molecule has 0 unspecified atom stereocenters. The van der Waals surface area contributed by atoms with Crippen LogP contribution in [0.3, 0.4) is 0 Å². The van der Waals surface area contributed by atoms with Crippen LogP contribution in [-0.4, -0.2) is 20.9 Å². The van der Waals surface area contributed by atoms with E-state index in [0.29, 0.717) is 6.54 Å². The Morgan fingerprint density at radius 3 is 2.92 bits per heavy atom. The van der Waals surface area contributed by atoms with Crippen molar-refractivity contribution < 1.29 is 9.90 Å². The molecular weight excluding hydrogens is 168 g/mol. The van der Waals surface area contributed by atoms with Gasteiger partial charge < -0.3 is 5.11 Å². The maximum atomic E-state index is 10.3. The Morgan fingerprint density at radius 2 is 2.46 bits per heavy atom. The number of aryl methyl sites for hydroxylation is 1. The third-order valence-corrected chi connectivity index (χ3v) is 1.70. The molecule has 1 aromatic rings. The van der Waals surface area contributed by atoms with Crippen LogP contribution in [0.2, 0.25) is 0 Å². The van der Waals surface area contributed by atoms with Crippen LogP contribution in [0, 0.1) is 6.92 Å². The first-order valence-corrected chi connectivity index (χ1v) is 3.98. The molecule has 0 aliphatic rings. The van der Waals surface area contributed by atoms with Crippen molar-refractivity contribution in [1.29, 1.82) is 0 Å². The quantitative estimate of drug-likeness (QED) is 0.711. The van der Waals surface area contributed by atoms with Gasteiger partial charge in [-0.2, -0.15) is 5.10 Å². The van der Waals surface area contributed by atoms with Crippen molar-refractivity contribution in [3.8, 4) is 0 Å². The zero-order valence-corrected chi connectivity index (χ0v) is 7.69. The van der Waals surface area contributed by atoms with Gasteiger partial charge >= 0.3 is 5.97 Å². The van der Waals surface area contributed by atoms with Gasteiger partial charge in [-0.1, -0.05) is 0 Å². The summed E-state index contributed by atoms with van der Waals surface area (Å²) in [7, 11) is 0. The SMILES string of the molecule is CC(=CC(=O)O)Cn1nccc1C. The zero-order valence-electron chi connectivity index (χ0n) is 7.69. The average Bonchev–Trinajstić information content (AvgIpc) is 2.34. The third kappa shape index (κ3) is 2.74. The average molecular weight is 180 g/mol. The van der Waals surface area contributed by atoms with Crippen LogP contribution in [0.25, 0.3) is 0 Å². The van der Waals surface area contributed by atoms with Crippen molar-refractivity contribution in [1.82, 2.24) is 9.78 Å². The number of rotatable bonds is 3. The van der Waals surface area contributed by atoms with E-state index >= 15 is 0 Å². The van der Waals surface area contributed by atoms with E-state index in [1.165, 1.54) is 6.08 Å². The van der Waals surface area contributed by atoms with Gasteiger partial charge in [0.05, 0.1) is 6.54 Å². The van der Waals surface area contributed by atoms with Gasteiger partial charge in [0, 0.05) is 18.0 Å². The lowest BCUT2D eigenvalue weighted by Gasteiger charge is -2.03. The highest BCUT2D eigenvalue weighted by molar-refractivity contribution is 5.80. The molecule has 4 nitrogen and oxygen atoms in total. The molecule has 1 heterocycles. The first-order chi connectivity index (χ1) is 6.09. The van der Waals surface area contributed by atoms with E-state index in [1.54, 1.807) is 17.8 Å². The molecule has 0 amide bonds. The highest BCUT2D eigenvalue weighted by Gasteiger charge is 1.99. The molecule has 0 bridgehead atoms. The number of carbonyl (C=O) groups is 1. The van der Waals surface area contributed by atoms with Crippen LogP contribution in [0.1, 0.15) is 12.6 Å². The monoisotopic (exact) mass is 180 g/mol. The number of allylic oxidation sites excluding steroid dienone is 1. The van der Waals surface area contributed by atoms with Crippen LogP contribution in [0.5, 0.6) is 0 Å². The van der Waals surface area contributed by atoms with E-state index in [9.17, 15) is 4.79 Å². The summed E-state index contributed by atoms with van der Waals surface area (Å²) in [5.74, 6) is -0.915. The fourth-order valence-electron chi connectivity index (χ4n) is 1.06. The molecule has 1 rings (SSSR count). The molecule has 1 N–H and O–H groups in total. The lowest BCUT2D eigenvalue weighted by Crippen LogP contribution is -2.04. The fraction of sp³-hybridized carbons (Fsp3) is 0.333. The van der Waals surface area contributed by atoms with Gasteiger partial charge in [0.25, 0.3) is 0 Å². The van der Waals surface area contributed by atoms with Gasteiger partial charge in [0.2, 0.25) is 0 Å². The fourth-order valence-corrected chi connectivity index (χ4v) is 1.06. The number of hydrogen-bond donors (Lipinski definition) is 1. The Morgan fingerprint density at radius 1 is 1.77 bits per heavy atom. The first kappa shape index (κ1) is 9.51. The topological polar surface area (TPSA) is 55.1 Å². The maximum Gasteiger partial charge on any atom is 0.328 e. The summed E-state index contributed by atoms with van der Waals surface area (Å²) < 4.78 is 1.76. The third-order valence-electron chi connectivity index (χ3n) is 1.70. The normalized spacial score (nSPS) is 11.7. The highest BCUT2D eigenvalue weighted by Crippen LogP contribution is 2.01. The van der Waals surface area contributed by atoms with Crippen molar-refractivity contribution in [2.75, 3.05) is 0 Å². The van der Waals surface area contributed by atoms with E-state index < -0.39 is 5.97 Å². The number of hydrogen-bond acceptors (Lipinski definition) is 2. The summed E-state index contributed by atoms with van der Waals surface area (Å²) in [6.07, 6.45) is 2.89. The number of aliphatic carboxylic acids is 1. The molecule has 4 heteroatoms. The minimum absolute atomic E-state index is 0.533. The maximum absolute atomic E-state index is 10.3. The second kappa shape index (κ2) is 3.89. The molecule has 0 radical (unpaired) electrons. The van der Waals surface area contributed by atoms with Crippen molar-refractivity contribution in [2.45, 2.75) is 20.4 Å². The molecule has 0 saturated heterocycles. The van der Waals surface area contributed by atoms with Crippen LogP contribution >= 0.6 is 0 Å². The first-order valence-electron chi connectivity index (χ1n) is 3.98. The molecule has 0 atom stereocenters. The van der Waals surface area contributed by atoms with E-state index in [-0.39, 0.29) is 0 Å². The van der Waals surface area contributed by atoms with Gasteiger partial charge in [-0.25, -0.2) is 4.79 Å². The van der Waals surface area contributed by atoms with E-state index in [4.69, 9.17) is 5.11 Å². The molecule has 0 spiro atoms. The van der Waals surface area contributed by atoms with E-state index in [2.05, 4.69) is 5.10 Å². The van der Waals surface area contributed by atoms with Crippen molar-refractivity contribution in [2.24, 2.45) is 0 Å². The molecule has 0 aromatic carbocycles. The van der Waals surface area contributed by atoms with Crippen molar-refractivity contribution in [3.63, 3.8) is 0 Å². The van der Waals surface area contributed by atoms with Gasteiger partial charge in [-0.15, -0.1) is 0 Å². The molecule has 0 fully saturated rings. The predicted octanol–water partition coefficient (Wildman–Crippen LogP) is 1.22.